The fourth-order valence-corrected chi connectivity index (χ4v) is 2.59. The number of nitrogens with zero attached hydrogens (tertiary/aromatic N) is 4. The molecule has 0 atom stereocenters. The molecule has 1 aromatic carbocycles. The van der Waals surface area contributed by atoms with Gasteiger partial charge in [0.2, 0.25) is 0 Å². The molecule has 8 nitrogen and oxygen atoms in total. The van der Waals surface area contributed by atoms with Gasteiger partial charge in [0.15, 0.2) is 5.78 Å². The smallest absolute Gasteiger partial charge is 0.332 e. The number of hydrogen-bond donors (Lipinski definition) is 1. The Morgan fingerprint density at radius 1 is 1.20 bits per heavy atom. The monoisotopic (exact) mass is 339 g/mol. The van der Waals surface area contributed by atoms with Crippen molar-refractivity contribution in [3.63, 3.8) is 0 Å². The van der Waals surface area contributed by atoms with Gasteiger partial charge in [-0.2, -0.15) is 0 Å². The maximum Gasteiger partial charge on any atom is 0.332 e. The summed E-state index contributed by atoms with van der Waals surface area (Å²) in [6, 6.07) is 9.21. The van der Waals surface area contributed by atoms with Crippen LogP contribution >= 0.6 is 0 Å². The molecule has 0 saturated carbocycles. The summed E-state index contributed by atoms with van der Waals surface area (Å²) < 4.78 is 3.67. The number of carbonyl (C=O) groups is 1. The van der Waals surface area contributed by atoms with Gasteiger partial charge >= 0.3 is 5.69 Å². The first kappa shape index (κ1) is 16.4. The molecule has 8 heteroatoms. The van der Waals surface area contributed by atoms with Crippen molar-refractivity contribution < 1.29 is 4.79 Å². The average Bonchev–Trinajstić information content (AvgIpc) is 3.11. The van der Waals surface area contributed by atoms with Crippen LogP contribution in [0.4, 0.5) is 5.82 Å². The Bertz CT molecular complexity index is 1020. The first-order valence-corrected chi connectivity index (χ1v) is 7.61. The van der Waals surface area contributed by atoms with E-state index in [9.17, 15) is 14.4 Å². The van der Waals surface area contributed by atoms with Gasteiger partial charge in [0.25, 0.3) is 5.56 Å². The third-order valence-corrected chi connectivity index (χ3v) is 3.93. The highest BCUT2D eigenvalue weighted by molar-refractivity contribution is 5.99. The first-order chi connectivity index (χ1) is 12.0. The van der Waals surface area contributed by atoms with Crippen LogP contribution in [0.3, 0.4) is 0 Å². The van der Waals surface area contributed by atoms with Gasteiger partial charge < -0.3 is 10.3 Å². The van der Waals surface area contributed by atoms with Gasteiger partial charge in [0.05, 0.1) is 19.4 Å². The van der Waals surface area contributed by atoms with Gasteiger partial charge in [-0.3, -0.25) is 18.7 Å². The van der Waals surface area contributed by atoms with E-state index >= 15 is 0 Å². The molecular weight excluding hydrogens is 322 g/mol. The van der Waals surface area contributed by atoms with Crippen LogP contribution < -0.4 is 17.0 Å². The Morgan fingerprint density at radius 2 is 1.92 bits per heavy atom. The SMILES string of the molecule is Cn1c(=O)c(C(=O)Cn2ccnc2)c(N)n(Cc2ccccc2)c1=O. The number of imidazole rings is 1. The zero-order chi connectivity index (χ0) is 18.0. The van der Waals surface area contributed by atoms with Crippen molar-refractivity contribution >= 4 is 11.6 Å². The van der Waals surface area contributed by atoms with Crippen molar-refractivity contribution in [3.8, 4) is 0 Å². The fourth-order valence-electron chi connectivity index (χ4n) is 2.59. The summed E-state index contributed by atoms with van der Waals surface area (Å²) in [4.78, 5) is 41.3. The van der Waals surface area contributed by atoms with Gasteiger partial charge in [-0.25, -0.2) is 9.78 Å². The molecule has 0 aliphatic carbocycles. The molecular formula is C17H17N5O3. The lowest BCUT2D eigenvalue weighted by Gasteiger charge is -2.14. The summed E-state index contributed by atoms with van der Waals surface area (Å²) in [6.45, 7) is 0.0912. The van der Waals surface area contributed by atoms with Gasteiger partial charge in [0, 0.05) is 19.4 Å². The number of rotatable bonds is 5. The van der Waals surface area contributed by atoms with Crippen LogP contribution in [0.25, 0.3) is 0 Å². The number of Topliss-reactive ketones (excluding diaryl/α,β-unsaturated/α-hetero) is 1. The van der Waals surface area contributed by atoms with Crippen molar-refractivity contribution in [2.24, 2.45) is 7.05 Å². The molecule has 0 aliphatic rings. The summed E-state index contributed by atoms with van der Waals surface area (Å²) in [5.74, 6) is -0.597. The molecule has 0 amide bonds. The molecule has 2 N–H and O–H groups in total. The van der Waals surface area contributed by atoms with Crippen molar-refractivity contribution in [1.29, 1.82) is 0 Å². The van der Waals surface area contributed by atoms with E-state index in [0.29, 0.717) is 0 Å². The van der Waals surface area contributed by atoms with E-state index in [2.05, 4.69) is 4.98 Å². The molecule has 0 saturated heterocycles. The largest absolute Gasteiger partial charge is 0.384 e. The molecule has 0 spiro atoms. The highest BCUT2D eigenvalue weighted by atomic mass is 16.2. The molecule has 0 bridgehead atoms. The van der Waals surface area contributed by atoms with Crippen LogP contribution in [0.15, 0.2) is 58.6 Å². The Balaban J connectivity index is 2.08. The molecule has 128 valence electrons. The summed E-state index contributed by atoms with van der Waals surface area (Å²) in [5.41, 5.74) is 5.42. The highest BCUT2D eigenvalue weighted by Crippen LogP contribution is 2.10. The van der Waals surface area contributed by atoms with Crippen LogP contribution in [0.1, 0.15) is 15.9 Å². The van der Waals surface area contributed by atoms with Crippen LogP contribution in [0, 0.1) is 0 Å². The summed E-state index contributed by atoms with van der Waals surface area (Å²) in [5, 5.41) is 0. The number of ketones is 1. The van der Waals surface area contributed by atoms with E-state index in [1.165, 1.54) is 28.7 Å². The number of benzene rings is 1. The minimum absolute atomic E-state index is 0.0804. The average molecular weight is 339 g/mol. The maximum absolute atomic E-state index is 12.6. The van der Waals surface area contributed by atoms with Crippen LogP contribution in [0.5, 0.6) is 0 Å². The van der Waals surface area contributed by atoms with E-state index in [-0.39, 0.29) is 24.5 Å². The second-order valence-electron chi connectivity index (χ2n) is 5.64. The van der Waals surface area contributed by atoms with E-state index in [1.807, 2.05) is 30.3 Å². The summed E-state index contributed by atoms with van der Waals surface area (Å²) in [7, 11) is 1.33. The lowest BCUT2D eigenvalue weighted by molar-refractivity contribution is 0.0970. The fraction of sp³-hybridized carbons (Fsp3) is 0.176. The molecule has 25 heavy (non-hydrogen) atoms. The van der Waals surface area contributed by atoms with Crippen LogP contribution in [-0.4, -0.2) is 24.5 Å². The minimum Gasteiger partial charge on any atom is -0.384 e. The predicted molar refractivity (Wildman–Crippen MR) is 92.5 cm³/mol. The van der Waals surface area contributed by atoms with Gasteiger partial charge in [-0.05, 0) is 5.56 Å². The zero-order valence-electron chi connectivity index (χ0n) is 13.6. The van der Waals surface area contributed by atoms with Crippen molar-refractivity contribution in [1.82, 2.24) is 18.7 Å². The second kappa shape index (κ2) is 6.60. The molecule has 0 fully saturated rings. The highest BCUT2D eigenvalue weighted by Gasteiger charge is 2.21. The van der Waals surface area contributed by atoms with Crippen molar-refractivity contribution in [3.05, 3.63) is 81.0 Å². The maximum atomic E-state index is 12.6. The van der Waals surface area contributed by atoms with Gasteiger partial charge in [-0.1, -0.05) is 30.3 Å². The molecule has 3 rings (SSSR count). The molecule has 0 radical (unpaired) electrons. The molecule has 2 heterocycles. The Labute approximate surface area is 142 Å². The number of hydrogen-bond acceptors (Lipinski definition) is 5. The van der Waals surface area contributed by atoms with E-state index in [4.69, 9.17) is 5.73 Å². The molecule has 3 aromatic rings. The Morgan fingerprint density at radius 3 is 2.56 bits per heavy atom. The van der Waals surface area contributed by atoms with Gasteiger partial charge in [-0.15, -0.1) is 0 Å². The molecule has 2 aromatic heterocycles. The van der Waals surface area contributed by atoms with Crippen LogP contribution in [-0.2, 0) is 20.1 Å². The number of aromatic nitrogens is 4. The zero-order valence-corrected chi connectivity index (χ0v) is 13.6. The van der Waals surface area contributed by atoms with E-state index < -0.39 is 17.0 Å². The van der Waals surface area contributed by atoms with E-state index in [1.54, 1.807) is 6.20 Å². The lowest BCUT2D eigenvalue weighted by atomic mass is 10.1. The number of carbonyl (C=O) groups excluding carboxylic acids is 1. The standard InChI is InChI=1S/C17H17N5O3/c1-20-16(24)14(13(23)10-21-8-7-19-11-21)15(18)22(17(20)25)9-12-5-3-2-4-6-12/h2-8,11H,9-10,18H2,1H3. The molecule has 0 unspecified atom stereocenters. The van der Waals surface area contributed by atoms with E-state index in [0.717, 1.165) is 10.1 Å². The number of nitrogen functional groups attached to an aromatic ring is 1. The third kappa shape index (κ3) is 3.14. The van der Waals surface area contributed by atoms with Crippen molar-refractivity contribution in [2.45, 2.75) is 13.1 Å². The molecule has 0 aliphatic heterocycles. The van der Waals surface area contributed by atoms with Crippen LogP contribution in [0.2, 0.25) is 0 Å². The third-order valence-electron chi connectivity index (χ3n) is 3.93. The Hall–Kier alpha value is -3.42. The predicted octanol–water partition coefficient (Wildman–Crippen LogP) is 0.257. The van der Waals surface area contributed by atoms with Crippen molar-refractivity contribution in [2.75, 3.05) is 5.73 Å². The summed E-state index contributed by atoms with van der Waals surface area (Å²) in [6.07, 6.45) is 4.61. The number of nitrogens with two attached hydrogens (primary N) is 1. The second-order valence-corrected chi connectivity index (χ2v) is 5.64. The Kier molecular flexibility index (Phi) is 4.34. The number of anilines is 1. The normalized spacial score (nSPS) is 10.8. The minimum atomic E-state index is -0.697. The first-order valence-electron chi connectivity index (χ1n) is 7.61. The lowest BCUT2D eigenvalue weighted by Crippen LogP contribution is -2.43. The quantitative estimate of drug-likeness (QED) is 0.671. The topological polar surface area (TPSA) is 105 Å². The summed E-state index contributed by atoms with van der Waals surface area (Å²) >= 11 is 0. The van der Waals surface area contributed by atoms with Gasteiger partial charge in [0.1, 0.15) is 11.4 Å².